The van der Waals surface area contributed by atoms with Crippen molar-refractivity contribution in [3.8, 4) is 0 Å². The SMILES string of the molecule is CCCNc1nc(C)nc(N(CCO)CC(F)F)c1C. The molecule has 7 heteroatoms. The van der Waals surface area contributed by atoms with Gasteiger partial charge in [0, 0.05) is 18.7 Å². The van der Waals surface area contributed by atoms with Crippen LogP contribution in [0.25, 0.3) is 0 Å². The number of aliphatic hydroxyl groups is 1. The second-order valence-electron chi connectivity index (χ2n) is 4.56. The molecule has 0 bridgehead atoms. The zero-order valence-corrected chi connectivity index (χ0v) is 12.2. The number of alkyl halides is 2. The number of hydrogen-bond acceptors (Lipinski definition) is 5. The number of anilines is 2. The molecule has 0 atom stereocenters. The number of nitrogens with one attached hydrogen (secondary N) is 1. The monoisotopic (exact) mass is 288 g/mol. The summed E-state index contributed by atoms with van der Waals surface area (Å²) < 4.78 is 25.3. The van der Waals surface area contributed by atoms with Crippen LogP contribution in [-0.4, -0.2) is 47.7 Å². The highest BCUT2D eigenvalue weighted by Crippen LogP contribution is 2.24. The van der Waals surface area contributed by atoms with E-state index in [-0.39, 0.29) is 13.2 Å². The van der Waals surface area contributed by atoms with E-state index in [1.54, 1.807) is 13.8 Å². The van der Waals surface area contributed by atoms with Crippen LogP contribution in [0.5, 0.6) is 0 Å². The number of nitrogens with zero attached hydrogens (tertiary/aromatic N) is 3. The van der Waals surface area contributed by atoms with Crippen LogP contribution >= 0.6 is 0 Å². The predicted molar refractivity (Wildman–Crippen MR) is 75.6 cm³/mol. The molecule has 0 saturated heterocycles. The molecule has 1 aromatic rings. The van der Waals surface area contributed by atoms with Crippen LogP contribution in [0.4, 0.5) is 20.4 Å². The lowest BCUT2D eigenvalue weighted by Gasteiger charge is -2.25. The summed E-state index contributed by atoms with van der Waals surface area (Å²) in [4.78, 5) is 9.93. The summed E-state index contributed by atoms with van der Waals surface area (Å²) in [6.45, 7) is 5.77. The van der Waals surface area contributed by atoms with Crippen LogP contribution in [0.3, 0.4) is 0 Å². The molecule has 20 heavy (non-hydrogen) atoms. The number of aliphatic hydroxyl groups excluding tert-OH is 1. The third kappa shape index (κ3) is 4.56. The average molecular weight is 288 g/mol. The van der Waals surface area contributed by atoms with E-state index in [0.717, 1.165) is 18.5 Å². The van der Waals surface area contributed by atoms with Crippen molar-refractivity contribution in [1.82, 2.24) is 9.97 Å². The van der Waals surface area contributed by atoms with Crippen molar-refractivity contribution in [3.63, 3.8) is 0 Å². The normalized spacial score (nSPS) is 10.9. The highest BCUT2D eigenvalue weighted by atomic mass is 19.3. The maximum atomic E-state index is 12.6. The van der Waals surface area contributed by atoms with Gasteiger partial charge in [-0.2, -0.15) is 0 Å². The fraction of sp³-hybridized carbons (Fsp3) is 0.692. The minimum Gasteiger partial charge on any atom is -0.395 e. The molecule has 0 unspecified atom stereocenters. The number of rotatable bonds is 8. The third-order valence-electron chi connectivity index (χ3n) is 2.80. The molecule has 114 valence electrons. The first-order valence-electron chi connectivity index (χ1n) is 6.72. The Kier molecular flexibility index (Phi) is 6.57. The largest absolute Gasteiger partial charge is 0.395 e. The Morgan fingerprint density at radius 1 is 1.30 bits per heavy atom. The van der Waals surface area contributed by atoms with Gasteiger partial charge < -0.3 is 15.3 Å². The first-order chi connectivity index (χ1) is 9.49. The molecule has 5 nitrogen and oxygen atoms in total. The minimum atomic E-state index is -2.48. The molecule has 0 radical (unpaired) electrons. The Bertz CT molecular complexity index is 429. The molecule has 0 aromatic carbocycles. The highest BCUT2D eigenvalue weighted by molar-refractivity contribution is 5.58. The summed E-state index contributed by atoms with van der Waals surface area (Å²) in [6, 6.07) is 0. The molecule has 0 spiro atoms. The molecule has 0 fully saturated rings. The zero-order valence-electron chi connectivity index (χ0n) is 12.2. The summed E-state index contributed by atoms with van der Waals surface area (Å²) in [5, 5.41) is 12.2. The van der Waals surface area contributed by atoms with Gasteiger partial charge in [0.25, 0.3) is 6.43 Å². The first-order valence-corrected chi connectivity index (χ1v) is 6.72. The van der Waals surface area contributed by atoms with Gasteiger partial charge in [-0.1, -0.05) is 6.92 Å². The molecule has 0 aliphatic rings. The number of hydrogen-bond donors (Lipinski definition) is 2. The van der Waals surface area contributed by atoms with Crippen molar-refractivity contribution in [2.24, 2.45) is 0 Å². The van der Waals surface area contributed by atoms with Gasteiger partial charge in [0.2, 0.25) is 0 Å². The molecular formula is C13H22F2N4O. The van der Waals surface area contributed by atoms with Crippen molar-refractivity contribution in [2.75, 3.05) is 36.5 Å². The van der Waals surface area contributed by atoms with Gasteiger partial charge in [0.05, 0.1) is 13.2 Å². The lowest BCUT2D eigenvalue weighted by Crippen LogP contribution is -2.33. The molecule has 0 aliphatic carbocycles. The summed E-state index contributed by atoms with van der Waals surface area (Å²) in [6.07, 6.45) is -1.54. The summed E-state index contributed by atoms with van der Waals surface area (Å²) >= 11 is 0. The van der Waals surface area contributed by atoms with Crippen LogP contribution in [0, 0.1) is 13.8 Å². The predicted octanol–water partition coefficient (Wildman–Crippen LogP) is 1.98. The fourth-order valence-corrected chi connectivity index (χ4v) is 1.91. The van der Waals surface area contributed by atoms with Crippen molar-refractivity contribution >= 4 is 11.6 Å². The van der Waals surface area contributed by atoms with Crippen LogP contribution in [0.15, 0.2) is 0 Å². The van der Waals surface area contributed by atoms with Crippen molar-refractivity contribution in [1.29, 1.82) is 0 Å². The topological polar surface area (TPSA) is 61.3 Å². The molecule has 0 saturated carbocycles. The molecule has 2 N–H and O–H groups in total. The van der Waals surface area contributed by atoms with Gasteiger partial charge in [-0.15, -0.1) is 0 Å². The van der Waals surface area contributed by atoms with Gasteiger partial charge in [0.1, 0.15) is 17.5 Å². The smallest absolute Gasteiger partial charge is 0.255 e. The maximum Gasteiger partial charge on any atom is 0.255 e. The number of aryl methyl sites for hydroxylation is 1. The van der Waals surface area contributed by atoms with E-state index in [1.165, 1.54) is 4.90 Å². The minimum absolute atomic E-state index is 0.120. The molecule has 1 aromatic heterocycles. The first kappa shape index (κ1) is 16.6. The maximum absolute atomic E-state index is 12.6. The van der Waals surface area contributed by atoms with Crippen LogP contribution in [0.1, 0.15) is 24.7 Å². The van der Waals surface area contributed by atoms with Gasteiger partial charge in [-0.05, 0) is 20.3 Å². The lowest BCUT2D eigenvalue weighted by molar-refractivity contribution is 0.152. The third-order valence-corrected chi connectivity index (χ3v) is 2.80. The quantitative estimate of drug-likeness (QED) is 0.766. The average Bonchev–Trinajstić information content (AvgIpc) is 2.38. The Balaban J connectivity index is 3.09. The summed E-state index contributed by atoms with van der Waals surface area (Å²) in [7, 11) is 0. The van der Waals surface area contributed by atoms with Gasteiger partial charge in [-0.25, -0.2) is 18.7 Å². The van der Waals surface area contributed by atoms with E-state index in [0.29, 0.717) is 17.5 Å². The number of aromatic nitrogens is 2. The molecule has 1 heterocycles. The van der Waals surface area contributed by atoms with Gasteiger partial charge in [-0.3, -0.25) is 0 Å². The van der Waals surface area contributed by atoms with E-state index in [2.05, 4.69) is 15.3 Å². The van der Waals surface area contributed by atoms with E-state index in [4.69, 9.17) is 5.11 Å². The van der Waals surface area contributed by atoms with Crippen molar-refractivity contribution in [2.45, 2.75) is 33.6 Å². The Morgan fingerprint density at radius 3 is 2.55 bits per heavy atom. The summed E-state index contributed by atoms with van der Waals surface area (Å²) in [5.74, 6) is 1.62. The Morgan fingerprint density at radius 2 is 2.00 bits per heavy atom. The Labute approximate surface area is 118 Å². The second-order valence-corrected chi connectivity index (χ2v) is 4.56. The zero-order chi connectivity index (χ0) is 15.1. The van der Waals surface area contributed by atoms with Gasteiger partial charge in [0.15, 0.2) is 0 Å². The van der Waals surface area contributed by atoms with Crippen LogP contribution < -0.4 is 10.2 Å². The summed E-state index contributed by atoms with van der Waals surface area (Å²) in [5.41, 5.74) is 0.721. The molecule has 0 amide bonds. The Hall–Kier alpha value is -1.50. The molecule has 0 aliphatic heterocycles. The van der Waals surface area contributed by atoms with Crippen molar-refractivity contribution in [3.05, 3.63) is 11.4 Å². The van der Waals surface area contributed by atoms with Gasteiger partial charge >= 0.3 is 0 Å². The van der Waals surface area contributed by atoms with Crippen molar-refractivity contribution < 1.29 is 13.9 Å². The highest BCUT2D eigenvalue weighted by Gasteiger charge is 2.18. The standard InChI is InChI=1S/C13H22F2N4O/c1-4-5-16-12-9(2)13(18-10(3)17-12)19(6-7-20)8-11(14)15/h11,20H,4-8H2,1-3H3,(H,16,17,18). The fourth-order valence-electron chi connectivity index (χ4n) is 1.91. The van der Waals surface area contributed by atoms with Crippen LogP contribution in [-0.2, 0) is 0 Å². The van der Waals surface area contributed by atoms with E-state index in [9.17, 15) is 8.78 Å². The van der Waals surface area contributed by atoms with E-state index < -0.39 is 13.0 Å². The van der Waals surface area contributed by atoms with E-state index in [1.807, 2.05) is 6.92 Å². The van der Waals surface area contributed by atoms with E-state index >= 15 is 0 Å². The molecular weight excluding hydrogens is 266 g/mol. The second kappa shape index (κ2) is 7.94. The lowest BCUT2D eigenvalue weighted by atomic mass is 10.2. The number of halogens is 2. The molecule has 1 rings (SSSR count). The van der Waals surface area contributed by atoms with Crippen LogP contribution in [0.2, 0.25) is 0 Å².